The van der Waals surface area contributed by atoms with Crippen molar-refractivity contribution in [2.75, 3.05) is 32.7 Å². The van der Waals surface area contributed by atoms with Gasteiger partial charge in [-0.25, -0.2) is 4.39 Å². The summed E-state index contributed by atoms with van der Waals surface area (Å²) >= 11 is 0. The van der Waals surface area contributed by atoms with Crippen molar-refractivity contribution in [1.82, 2.24) is 20.5 Å². The molecular formula is C18H20F4N4O. The van der Waals surface area contributed by atoms with E-state index in [1.54, 1.807) is 6.20 Å². The maximum absolute atomic E-state index is 13.4. The summed E-state index contributed by atoms with van der Waals surface area (Å²) < 4.78 is 53.4. The molecule has 9 heteroatoms. The highest BCUT2D eigenvalue weighted by Crippen LogP contribution is 2.26. The molecule has 1 aliphatic rings. The second-order valence-corrected chi connectivity index (χ2v) is 6.34. The van der Waals surface area contributed by atoms with Crippen LogP contribution in [-0.4, -0.2) is 60.7 Å². The highest BCUT2D eigenvalue weighted by atomic mass is 19.4. The lowest BCUT2D eigenvalue weighted by atomic mass is 10.0. The van der Waals surface area contributed by atoms with Crippen molar-refractivity contribution in [3.63, 3.8) is 0 Å². The molecule has 2 aromatic rings. The van der Waals surface area contributed by atoms with Gasteiger partial charge in [-0.3, -0.25) is 9.69 Å². The second kappa shape index (κ2) is 8.10. The van der Waals surface area contributed by atoms with Crippen LogP contribution in [0.25, 0.3) is 11.1 Å². The first-order chi connectivity index (χ1) is 12.9. The van der Waals surface area contributed by atoms with Crippen LogP contribution in [0, 0.1) is 5.82 Å². The minimum atomic E-state index is -4.44. The van der Waals surface area contributed by atoms with Crippen molar-refractivity contribution in [3.05, 3.63) is 48.0 Å². The first-order valence-electron chi connectivity index (χ1n) is 8.58. The quantitative estimate of drug-likeness (QED) is 0.694. The summed E-state index contributed by atoms with van der Waals surface area (Å²) in [5, 5.41) is 5.41. The third-order valence-electron chi connectivity index (χ3n) is 4.57. The molecule has 0 bridgehead atoms. The minimum absolute atomic E-state index is 0.211. The third-order valence-corrected chi connectivity index (χ3v) is 4.57. The van der Waals surface area contributed by atoms with Gasteiger partial charge in [-0.1, -0.05) is 12.1 Å². The molecule has 1 unspecified atom stereocenters. The fourth-order valence-corrected chi connectivity index (χ4v) is 3.15. The van der Waals surface area contributed by atoms with Crippen LogP contribution < -0.4 is 10.6 Å². The number of halogens is 4. The van der Waals surface area contributed by atoms with Gasteiger partial charge in [0.15, 0.2) is 0 Å². The molecule has 0 aliphatic carbocycles. The van der Waals surface area contributed by atoms with E-state index in [1.807, 2.05) is 0 Å². The molecule has 146 valence electrons. The van der Waals surface area contributed by atoms with Crippen molar-refractivity contribution in [2.24, 2.45) is 0 Å². The summed E-state index contributed by atoms with van der Waals surface area (Å²) in [6.07, 6.45) is -1.47. The smallest absolute Gasteiger partial charge is 0.366 e. The minimum Gasteiger partial charge on any atom is -0.366 e. The molecule has 1 atom stereocenters. The van der Waals surface area contributed by atoms with Crippen LogP contribution >= 0.6 is 0 Å². The number of H-pyrrole nitrogens is 1. The van der Waals surface area contributed by atoms with Crippen molar-refractivity contribution < 1.29 is 22.4 Å². The van der Waals surface area contributed by atoms with Crippen LogP contribution in [0.1, 0.15) is 10.4 Å². The van der Waals surface area contributed by atoms with Crippen molar-refractivity contribution in [3.8, 4) is 11.1 Å². The van der Waals surface area contributed by atoms with Crippen LogP contribution in [0.2, 0.25) is 0 Å². The molecule has 1 aliphatic heterocycles. The van der Waals surface area contributed by atoms with Gasteiger partial charge in [0, 0.05) is 50.7 Å². The summed E-state index contributed by atoms with van der Waals surface area (Å²) in [4.78, 5) is 16.6. The Morgan fingerprint density at radius 1 is 1.15 bits per heavy atom. The van der Waals surface area contributed by atoms with Crippen molar-refractivity contribution >= 4 is 5.91 Å². The average Bonchev–Trinajstić information content (AvgIpc) is 3.12. The van der Waals surface area contributed by atoms with Gasteiger partial charge < -0.3 is 15.6 Å². The Morgan fingerprint density at radius 2 is 1.81 bits per heavy atom. The molecule has 27 heavy (non-hydrogen) atoms. The number of rotatable bonds is 5. The highest BCUT2D eigenvalue weighted by molar-refractivity contribution is 6.00. The molecule has 5 nitrogen and oxygen atoms in total. The molecular weight excluding hydrogens is 364 g/mol. The molecule has 2 heterocycles. The zero-order chi connectivity index (χ0) is 19.4. The van der Waals surface area contributed by atoms with E-state index in [-0.39, 0.29) is 18.7 Å². The largest absolute Gasteiger partial charge is 0.405 e. The number of aromatic nitrogens is 1. The topological polar surface area (TPSA) is 60.2 Å². The summed E-state index contributed by atoms with van der Waals surface area (Å²) in [6, 6.07) is 3.79. The first kappa shape index (κ1) is 19.4. The van der Waals surface area contributed by atoms with Gasteiger partial charge in [0.25, 0.3) is 5.91 Å². The maximum Gasteiger partial charge on any atom is 0.405 e. The maximum atomic E-state index is 13.4. The third kappa shape index (κ3) is 4.67. The summed E-state index contributed by atoms with van der Waals surface area (Å²) in [5.41, 5.74) is 1.30. The Hall–Kier alpha value is -2.39. The number of hydrogen-bond donors (Lipinski definition) is 3. The number of nitrogens with zero attached hydrogens (tertiary/aromatic N) is 1. The summed E-state index contributed by atoms with van der Waals surface area (Å²) in [7, 11) is 0. The number of amides is 1. The predicted octanol–water partition coefficient (Wildman–Crippen LogP) is 2.39. The molecule has 1 saturated heterocycles. The van der Waals surface area contributed by atoms with E-state index in [4.69, 9.17) is 0 Å². The number of hydrogen-bond acceptors (Lipinski definition) is 3. The number of piperazine rings is 1. The summed E-state index contributed by atoms with van der Waals surface area (Å²) in [6.45, 7) is 0.965. The Labute approximate surface area is 153 Å². The number of nitrogens with one attached hydrogen (secondary N) is 3. The van der Waals surface area contributed by atoms with Crippen LogP contribution in [0.4, 0.5) is 17.6 Å². The Balaban J connectivity index is 1.71. The van der Waals surface area contributed by atoms with Gasteiger partial charge in [0.2, 0.25) is 0 Å². The van der Waals surface area contributed by atoms with E-state index in [9.17, 15) is 22.4 Å². The van der Waals surface area contributed by atoms with Gasteiger partial charge >= 0.3 is 6.18 Å². The second-order valence-electron chi connectivity index (χ2n) is 6.34. The van der Waals surface area contributed by atoms with Crippen molar-refractivity contribution in [1.29, 1.82) is 0 Å². The first-order valence-corrected chi connectivity index (χ1v) is 8.58. The molecule has 1 amide bonds. The van der Waals surface area contributed by atoms with E-state index in [0.717, 1.165) is 0 Å². The number of carbonyl (C=O) groups excluding carboxylic acids is 1. The van der Waals surface area contributed by atoms with Gasteiger partial charge in [-0.15, -0.1) is 0 Å². The van der Waals surface area contributed by atoms with E-state index < -0.39 is 30.5 Å². The number of aromatic amines is 1. The van der Waals surface area contributed by atoms with E-state index in [2.05, 4.69) is 15.6 Å². The van der Waals surface area contributed by atoms with Gasteiger partial charge in [-0.2, -0.15) is 13.2 Å². The van der Waals surface area contributed by atoms with Crippen LogP contribution in [0.3, 0.4) is 0 Å². The number of benzene rings is 1. The fraction of sp³-hybridized carbons (Fsp3) is 0.389. The van der Waals surface area contributed by atoms with Crippen LogP contribution in [-0.2, 0) is 0 Å². The van der Waals surface area contributed by atoms with Crippen molar-refractivity contribution in [2.45, 2.75) is 12.2 Å². The van der Waals surface area contributed by atoms with Gasteiger partial charge in [-0.05, 0) is 17.7 Å². The number of alkyl halides is 3. The summed E-state index contributed by atoms with van der Waals surface area (Å²) in [5.74, 6) is -1.02. The zero-order valence-electron chi connectivity index (χ0n) is 14.4. The van der Waals surface area contributed by atoms with Gasteiger partial charge in [0.1, 0.15) is 11.9 Å². The Morgan fingerprint density at radius 3 is 2.44 bits per heavy atom. The molecule has 0 saturated carbocycles. The Bertz CT molecular complexity index is 766. The molecule has 1 fully saturated rings. The lowest BCUT2D eigenvalue weighted by Gasteiger charge is -2.35. The molecule has 0 spiro atoms. The molecule has 3 rings (SSSR count). The van der Waals surface area contributed by atoms with E-state index in [0.29, 0.717) is 24.2 Å². The number of carbonyl (C=O) groups is 1. The van der Waals surface area contributed by atoms with E-state index in [1.165, 1.54) is 35.4 Å². The fourth-order valence-electron chi connectivity index (χ4n) is 3.15. The predicted molar refractivity (Wildman–Crippen MR) is 92.8 cm³/mol. The zero-order valence-corrected chi connectivity index (χ0v) is 14.4. The highest BCUT2D eigenvalue weighted by Gasteiger charge is 2.43. The molecule has 1 aromatic heterocycles. The van der Waals surface area contributed by atoms with E-state index >= 15 is 0 Å². The van der Waals surface area contributed by atoms with Crippen LogP contribution in [0.5, 0.6) is 0 Å². The molecule has 1 aromatic carbocycles. The SMILES string of the molecule is O=C(NCC(N1CCNCC1)C(F)(F)F)c1c[nH]cc1-c1ccc(F)cc1. The normalized spacial score (nSPS) is 16.9. The lowest BCUT2D eigenvalue weighted by molar-refractivity contribution is -0.183. The Kier molecular flexibility index (Phi) is 5.81. The van der Waals surface area contributed by atoms with Crippen LogP contribution in [0.15, 0.2) is 36.7 Å². The lowest BCUT2D eigenvalue weighted by Crippen LogP contribution is -2.57. The molecule has 3 N–H and O–H groups in total. The van der Waals surface area contributed by atoms with Gasteiger partial charge in [0.05, 0.1) is 5.56 Å². The molecule has 0 radical (unpaired) electrons. The standard InChI is InChI=1S/C18H20F4N4O/c19-13-3-1-12(2-4-13)14-9-24-10-15(14)17(27)25-11-16(18(20,21)22)26-7-5-23-6-8-26/h1-4,9-10,16,23-24H,5-8,11H2,(H,25,27). The average molecular weight is 384 g/mol. The monoisotopic (exact) mass is 384 g/mol.